The minimum atomic E-state index is -3.71. The normalized spacial score (nSPS) is 20.2. The number of fused-ring (bicyclic) bond motifs is 1. The number of carbonyl (C=O) groups excluding carboxylic acids is 1. The molecule has 140 valence electrons. The number of nitrogens with one attached hydrogen (secondary N) is 1. The van der Waals surface area contributed by atoms with Crippen LogP contribution < -0.4 is 5.48 Å². The number of amides is 1. The van der Waals surface area contributed by atoms with Gasteiger partial charge in [-0.2, -0.15) is 8.42 Å². The maximum absolute atomic E-state index is 12.6. The molecule has 1 amide bonds. The van der Waals surface area contributed by atoms with E-state index in [-0.39, 0.29) is 17.4 Å². The standard InChI is InChI=1S/C19H19N3O4S/c23-19(20-26-13-14-7-2-1-3-8-14)16-10-6-12-22(16)18-15-9-4-5-11-17(15)27(24,25)21-18/h1-5,7-9,11,16H,6,10,12-13H2,(H,20,23)/t16-/m0/s1. The Hall–Kier alpha value is -2.71. The van der Waals surface area contributed by atoms with Gasteiger partial charge < -0.3 is 4.90 Å². The van der Waals surface area contributed by atoms with Crippen LogP contribution in [0, 0.1) is 0 Å². The first-order valence-corrected chi connectivity index (χ1v) is 10.2. The summed E-state index contributed by atoms with van der Waals surface area (Å²) in [6.45, 7) is 0.830. The smallest absolute Gasteiger partial charge is 0.285 e. The summed E-state index contributed by atoms with van der Waals surface area (Å²) in [6, 6.07) is 15.7. The molecule has 2 aliphatic heterocycles. The monoisotopic (exact) mass is 385 g/mol. The molecule has 1 fully saturated rings. The average molecular weight is 385 g/mol. The Labute approximate surface area is 157 Å². The fraction of sp³-hybridized carbons (Fsp3) is 0.263. The van der Waals surface area contributed by atoms with Gasteiger partial charge in [0.2, 0.25) is 0 Å². The number of amidine groups is 1. The van der Waals surface area contributed by atoms with Gasteiger partial charge >= 0.3 is 0 Å². The lowest BCUT2D eigenvalue weighted by Gasteiger charge is -2.25. The van der Waals surface area contributed by atoms with Crippen molar-refractivity contribution in [2.75, 3.05) is 6.54 Å². The van der Waals surface area contributed by atoms with Crippen LogP contribution in [0.1, 0.15) is 24.0 Å². The summed E-state index contributed by atoms with van der Waals surface area (Å²) in [6.07, 6.45) is 1.39. The molecule has 0 aliphatic carbocycles. The summed E-state index contributed by atoms with van der Waals surface area (Å²) in [5.41, 5.74) is 3.98. The molecule has 0 unspecified atom stereocenters. The molecular formula is C19H19N3O4S. The van der Waals surface area contributed by atoms with Gasteiger partial charge in [0.15, 0.2) is 5.84 Å². The first-order chi connectivity index (χ1) is 13.1. The van der Waals surface area contributed by atoms with E-state index in [9.17, 15) is 13.2 Å². The van der Waals surface area contributed by atoms with E-state index in [1.165, 1.54) is 6.07 Å². The summed E-state index contributed by atoms with van der Waals surface area (Å²) in [4.78, 5) is 19.9. The third-order valence-corrected chi connectivity index (χ3v) is 6.02. The number of likely N-dealkylation sites (tertiary alicyclic amines) is 1. The highest BCUT2D eigenvalue weighted by Crippen LogP contribution is 2.31. The Morgan fingerprint density at radius 1 is 1.15 bits per heavy atom. The van der Waals surface area contributed by atoms with Crippen LogP contribution in [0.2, 0.25) is 0 Å². The quantitative estimate of drug-likeness (QED) is 0.812. The maximum atomic E-state index is 12.6. The van der Waals surface area contributed by atoms with Crippen LogP contribution in [-0.4, -0.2) is 37.6 Å². The molecule has 1 saturated heterocycles. The number of rotatable bonds is 4. The van der Waals surface area contributed by atoms with Crippen molar-refractivity contribution in [1.82, 2.24) is 10.4 Å². The number of sulfonamides is 1. The van der Waals surface area contributed by atoms with Crippen LogP contribution in [0.5, 0.6) is 0 Å². The highest BCUT2D eigenvalue weighted by Gasteiger charge is 2.39. The van der Waals surface area contributed by atoms with Gasteiger partial charge in [-0.25, -0.2) is 5.48 Å². The molecule has 2 aromatic carbocycles. The van der Waals surface area contributed by atoms with Crippen molar-refractivity contribution >= 4 is 21.8 Å². The molecule has 2 aromatic rings. The molecule has 2 heterocycles. The zero-order valence-corrected chi connectivity index (χ0v) is 15.4. The van der Waals surface area contributed by atoms with Gasteiger partial charge in [0.1, 0.15) is 10.9 Å². The van der Waals surface area contributed by atoms with Crippen LogP contribution in [-0.2, 0) is 26.3 Å². The first-order valence-electron chi connectivity index (χ1n) is 8.73. The summed E-state index contributed by atoms with van der Waals surface area (Å²) in [5, 5.41) is 0. The Morgan fingerprint density at radius 3 is 2.70 bits per heavy atom. The molecule has 1 N–H and O–H groups in total. The van der Waals surface area contributed by atoms with Gasteiger partial charge in [0.05, 0.1) is 6.61 Å². The predicted octanol–water partition coefficient (Wildman–Crippen LogP) is 1.85. The molecule has 1 atom stereocenters. The molecular weight excluding hydrogens is 366 g/mol. The van der Waals surface area contributed by atoms with Crippen molar-refractivity contribution < 1.29 is 18.0 Å². The van der Waals surface area contributed by atoms with E-state index in [4.69, 9.17) is 4.84 Å². The fourth-order valence-electron chi connectivity index (χ4n) is 3.42. The minimum absolute atomic E-state index is 0.186. The molecule has 27 heavy (non-hydrogen) atoms. The van der Waals surface area contributed by atoms with Crippen molar-refractivity contribution in [2.45, 2.75) is 30.4 Å². The summed E-state index contributed by atoms with van der Waals surface area (Å²) in [5.74, 6) is 0.0409. The van der Waals surface area contributed by atoms with Gasteiger partial charge in [0, 0.05) is 12.1 Å². The molecule has 0 aromatic heterocycles. The fourth-order valence-corrected chi connectivity index (χ4v) is 4.64. The average Bonchev–Trinajstić information content (AvgIpc) is 3.26. The molecule has 4 rings (SSSR count). The largest absolute Gasteiger partial charge is 0.343 e. The topological polar surface area (TPSA) is 88.1 Å². The first kappa shape index (κ1) is 17.7. The molecule has 0 spiro atoms. The number of nitrogens with zero attached hydrogens (tertiary/aromatic N) is 2. The van der Waals surface area contributed by atoms with Crippen molar-refractivity contribution in [2.24, 2.45) is 4.40 Å². The van der Waals surface area contributed by atoms with E-state index in [1.54, 1.807) is 23.1 Å². The second-order valence-corrected chi connectivity index (χ2v) is 8.05. The lowest BCUT2D eigenvalue weighted by Crippen LogP contribution is -2.45. The van der Waals surface area contributed by atoms with E-state index in [1.807, 2.05) is 30.3 Å². The van der Waals surface area contributed by atoms with Gasteiger partial charge in [-0.3, -0.25) is 9.63 Å². The molecule has 0 saturated carbocycles. The number of hydrogen-bond acceptors (Lipinski definition) is 5. The van der Waals surface area contributed by atoms with Gasteiger partial charge in [0.25, 0.3) is 15.9 Å². The van der Waals surface area contributed by atoms with Gasteiger partial charge in [-0.15, -0.1) is 4.40 Å². The van der Waals surface area contributed by atoms with Crippen molar-refractivity contribution in [3.05, 3.63) is 65.7 Å². The summed E-state index contributed by atoms with van der Waals surface area (Å²) in [7, 11) is -3.71. The maximum Gasteiger partial charge on any atom is 0.285 e. The second-order valence-electron chi connectivity index (χ2n) is 6.48. The molecule has 0 bridgehead atoms. The van der Waals surface area contributed by atoms with Crippen LogP contribution in [0.15, 0.2) is 63.9 Å². The van der Waals surface area contributed by atoms with E-state index in [2.05, 4.69) is 9.88 Å². The zero-order valence-electron chi connectivity index (χ0n) is 14.5. The highest BCUT2D eigenvalue weighted by atomic mass is 32.2. The van der Waals surface area contributed by atoms with E-state index in [0.717, 1.165) is 12.0 Å². The number of hydrogen-bond donors (Lipinski definition) is 1. The SMILES string of the molecule is O=C(NOCc1ccccc1)[C@@H]1CCCN1C1=NS(=O)(=O)c2ccccc21. The Kier molecular flexibility index (Phi) is 4.67. The summed E-state index contributed by atoms with van der Waals surface area (Å²) >= 11 is 0. The van der Waals surface area contributed by atoms with E-state index in [0.29, 0.717) is 24.4 Å². The minimum Gasteiger partial charge on any atom is -0.343 e. The Morgan fingerprint density at radius 2 is 1.89 bits per heavy atom. The zero-order chi connectivity index (χ0) is 18.9. The van der Waals surface area contributed by atoms with Gasteiger partial charge in [-0.05, 0) is 30.5 Å². The highest BCUT2D eigenvalue weighted by molar-refractivity contribution is 7.90. The van der Waals surface area contributed by atoms with Crippen LogP contribution in [0.3, 0.4) is 0 Å². The van der Waals surface area contributed by atoms with Crippen molar-refractivity contribution in [3.8, 4) is 0 Å². The third kappa shape index (κ3) is 3.45. The summed E-state index contributed by atoms with van der Waals surface area (Å²) < 4.78 is 28.5. The molecule has 7 nitrogen and oxygen atoms in total. The number of carbonyl (C=O) groups is 1. The van der Waals surface area contributed by atoms with Crippen LogP contribution in [0.25, 0.3) is 0 Å². The lowest BCUT2D eigenvalue weighted by molar-refractivity contribution is -0.138. The van der Waals surface area contributed by atoms with E-state index >= 15 is 0 Å². The van der Waals surface area contributed by atoms with E-state index < -0.39 is 16.1 Å². The Bertz CT molecular complexity index is 989. The third-order valence-electron chi connectivity index (χ3n) is 4.69. The predicted molar refractivity (Wildman–Crippen MR) is 99.3 cm³/mol. The van der Waals surface area contributed by atoms with Crippen LogP contribution in [0.4, 0.5) is 0 Å². The Balaban J connectivity index is 1.47. The van der Waals surface area contributed by atoms with Crippen molar-refractivity contribution in [1.29, 1.82) is 0 Å². The lowest BCUT2D eigenvalue weighted by atomic mass is 10.1. The molecule has 2 aliphatic rings. The number of hydroxylamine groups is 1. The molecule has 0 radical (unpaired) electrons. The van der Waals surface area contributed by atoms with Crippen LogP contribution >= 0.6 is 0 Å². The number of benzene rings is 2. The van der Waals surface area contributed by atoms with Crippen molar-refractivity contribution in [3.63, 3.8) is 0 Å². The molecule has 8 heteroatoms. The second kappa shape index (κ2) is 7.13. The van der Waals surface area contributed by atoms with Gasteiger partial charge in [-0.1, -0.05) is 42.5 Å².